The number of ether oxygens (including phenoxy) is 1. The van der Waals surface area contributed by atoms with Crippen molar-refractivity contribution < 1.29 is 36.2 Å². The predicted octanol–water partition coefficient (Wildman–Crippen LogP) is 3.86. The third kappa shape index (κ3) is 4.03. The van der Waals surface area contributed by atoms with E-state index in [0.29, 0.717) is 12.4 Å². The average molecular weight is 302 g/mol. The second-order valence-electron chi connectivity index (χ2n) is 4.01. The Balaban J connectivity index is 3.04. The zero-order chi connectivity index (χ0) is 15.6. The van der Waals surface area contributed by atoms with Crippen molar-refractivity contribution in [2.75, 3.05) is 6.61 Å². The third-order valence-corrected chi connectivity index (χ3v) is 2.55. The van der Waals surface area contributed by atoms with Gasteiger partial charge in [-0.2, -0.15) is 26.3 Å². The second-order valence-corrected chi connectivity index (χ2v) is 4.01. The Morgan fingerprint density at radius 3 is 1.80 bits per heavy atom. The van der Waals surface area contributed by atoms with E-state index in [1.807, 2.05) is 0 Å². The maximum Gasteiger partial charge on any atom is 0.403 e. The summed E-state index contributed by atoms with van der Waals surface area (Å²) in [6, 6.07) is 4.35. The van der Waals surface area contributed by atoms with Crippen LogP contribution in [0.1, 0.15) is 18.6 Å². The Labute approximate surface area is 111 Å². The van der Waals surface area contributed by atoms with Gasteiger partial charge in [-0.15, -0.1) is 0 Å². The van der Waals surface area contributed by atoms with Crippen LogP contribution in [0, 0.1) is 5.92 Å². The molecule has 0 heterocycles. The molecule has 1 rings (SSSR count). The van der Waals surface area contributed by atoms with Crippen LogP contribution in [-0.4, -0.2) is 24.1 Å². The lowest BCUT2D eigenvalue weighted by Gasteiger charge is -2.27. The standard InChI is InChI=1S/C12H12F6O2/c1-2-20-8-5-3-7(4-6-8)9(19)10(11(13,14)15)12(16,17)18/h3-6,9-10,19H,2H2,1H3. The SMILES string of the molecule is CCOc1ccc(C(O)C(C(F)(F)F)C(F)(F)F)cc1. The van der Waals surface area contributed by atoms with E-state index in [1.54, 1.807) is 6.92 Å². The van der Waals surface area contributed by atoms with Gasteiger partial charge in [-0.25, -0.2) is 0 Å². The van der Waals surface area contributed by atoms with Crippen LogP contribution in [0.25, 0.3) is 0 Å². The number of hydrogen-bond acceptors (Lipinski definition) is 2. The molecule has 0 saturated carbocycles. The average Bonchev–Trinajstić information content (AvgIpc) is 2.26. The predicted molar refractivity (Wildman–Crippen MR) is 58.2 cm³/mol. The van der Waals surface area contributed by atoms with Gasteiger partial charge in [0, 0.05) is 0 Å². The van der Waals surface area contributed by atoms with Crippen LogP contribution in [0.15, 0.2) is 24.3 Å². The van der Waals surface area contributed by atoms with Crippen LogP contribution in [0.3, 0.4) is 0 Å². The minimum Gasteiger partial charge on any atom is -0.494 e. The maximum atomic E-state index is 12.4. The second kappa shape index (κ2) is 5.90. The first kappa shape index (κ1) is 16.6. The van der Waals surface area contributed by atoms with Gasteiger partial charge in [0.25, 0.3) is 0 Å². The molecule has 0 aliphatic carbocycles. The van der Waals surface area contributed by atoms with Crippen LogP contribution < -0.4 is 4.74 Å². The number of alkyl halides is 6. The smallest absolute Gasteiger partial charge is 0.403 e. The monoisotopic (exact) mass is 302 g/mol. The van der Waals surface area contributed by atoms with Crippen molar-refractivity contribution in [1.29, 1.82) is 0 Å². The summed E-state index contributed by atoms with van der Waals surface area (Å²) >= 11 is 0. The lowest BCUT2D eigenvalue weighted by Crippen LogP contribution is -2.40. The van der Waals surface area contributed by atoms with E-state index in [1.165, 1.54) is 12.1 Å². The quantitative estimate of drug-likeness (QED) is 0.856. The van der Waals surface area contributed by atoms with E-state index in [4.69, 9.17) is 4.74 Å². The fourth-order valence-electron chi connectivity index (χ4n) is 1.66. The summed E-state index contributed by atoms with van der Waals surface area (Å²) in [6.07, 6.45) is -13.9. The molecule has 0 aliphatic heterocycles. The molecule has 1 N–H and O–H groups in total. The Morgan fingerprint density at radius 1 is 1.00 bits per heavy atom. The Bertz CT molecular complexity index is 409. The fourth-order valence-corrected chi connectivity index (χ4v) is 1.66. The summed E-state index contributed by atoms with van der Waals surface area (Å²) in [6.45, 7) is 1.97. The summed E-state index contributed by atoms with van der Waals surface area (Å²) in [4.78, 5) is 0. The zero-order valence-electron chi connectivity index (χ0n) is 10.3. The molecule has 20 heavy (non-hydrogen) atoms. The lowest BCUT2D eigenvalue weighted by molar-refractivity contribution is -0.307. The first-order valence-electron chi connectivity index (χ1n) is 5.61. The molecule has 0 bridgehead atoms. The van der Waals surface area contributed by atoms with E-state index in [2.05, 4.69) is 0 Å². The van der Waals surface area contributed by atoms with Gasteiger partial charge in [-0.3, -0.25) is 0 Å². The van der Waals surface area contributed by atoms with Gasteiger partial charge in [-0.05, 0) is 24.6 Å². The van der Waals surface area contributed by atoms with Gasteiger partial charge in [0.15, 0.2) is 5.92 Å². The largest absolute Gasteiger partial charge is 0.494 e. The Kier molecular flexibility index (Phi) is 4.90. The number of aliphatic hydroxyl groups is 1. The first-order valence-corrected chi connectivity index (χ1v) is 5.61. The Hall–Kier alpha value is -1.44. The summed E-state index contributed by atoms with van der Waals surface area (Å²) in [5, 5.41) is 9.39. The summed E-state index contributed by atoms with van der Waals surface area (Å²) < 4.78 is 79.7. The van der Waals surface area contributed by atoms with Crippen LogP contribution in [0.2, 0.25) is 0 Å². The van der Waals surface area contributed by atoms with Crippen LogP contribution >= 0.6 is 0 Å². The van der Waals surface area contributed by atoms with Gasteiger partial charge in [-0.1, -0.05) is 12.1 Å². The molecule has 114 valence electrons. The summed E-state index contributed by atoms with van der Waals surface area (Å²) in [5.74, 6) is -3.54. The Morgan fingerprint density at radius 2 is 1.45 bits per heavy atom. The molecular weight excluding hydrogens is 290 g/mol. The molecule has 8 heteroatoms. The molecule has 0 amide bonds. The van der Waals surface area contributed by atoms with Crippen LogP contribution in [0.4, 0.5) is 26.3 Å². The highest BCUT2D eigenvalue weighted by Crippen LogP contribution is 2.46. The van der Waals surface area contributed by atoms with Crippen molar-refractivity contribution in [2.24, 2.45) is 5.92 Å². The molecular formula is C12H12F6O2. The van der Waals surface area contributed by atoms with Crippen molar-refractivity contribution in [2.45, 2.75) is 25.4 Å². The van der Waals surface area contributed by atoms with Crippen LogP contribution in [-0.2, 0) is 0 Å². The van der Waals surface area contributed by atoms with E-state index in [0.717, 1.165) is 12.1 Å². The van der Waals surface area contributed by atoms with Crippen molar-refractivity contribution in [1.82, 2.24) is 0 Å². The maximum absolute atomic E-state index is 12.4. The molecule has 1 aromatic rings. The van der Waals surface area contributed by atoms with Crippen molar-refractivity contribution in [3.05, 3.63) is 29.8 Å². The highest BCUT2D eigenvalue weighted by atomic mass is 19.4. The van der Waals surface area contributed by atoms with Gasteiger partial charge in [0.1, 0.15) is 5.75 Å². The van der Waals surface area contributed by atoms with Gasteiger partial charge in [0.05, 0.1) is 12.7 Å². The van der Waals surface area contributed by atoms with Gasteiger partial charge >= 0.3 is 12.4 Å². The number of aliphatic hydroxyl groups excluding tert-OH is 1. The van der Waals surface area contributed by atoms with Crippen LogP contribution in [0.5, 0.6) is 5.75 Å². The molecule has 1 unspecified atom stereocenters. The summed E-state index contributed by atoms with van der Waals surface area (Å²) in [7, 11) is 0. The van der Waals surface area contributed by atoms with E-state index in [9.17, 15) is 31.4 Å². The van der Waals surface area contributed by atoms with E-state index < -0.39 is 29.9 Å². The normalized spacial score (nSPS) is 14.4. The molecule has 0 aromatic heterocycles. The molecule has 1 atom stereocenters. The topological polar surface area (TPSA) is 29.5 Å². The number of rotatable bonds is 4. The van der Waals surface area contributed by atoms with E-state index in [-0.39, 0.29) is 0 Å². The molecule has 2 nitrogen and oxygen atoms in total. The number of halogens is 6. The molecule has 1 aromatic carbocycles. The highest BCUT2D eigenvalue weighted by Gasteiger charge is 2.60. The third-order valence-electron chi connectivity index (χ3n) is 2.55. The minimum atomic E-state index is -5.59. The molecule has 0 aliphatic rings. The number of hydrogen-bond donors (Lipinski definition) is 1. The molecule has 0 radical (unpaired) electrons. The zero-order valence-corrected chi connectivity index (χ0v) is 10.3. The first-order chi connectivity index (χ1) is 9.07. The minimum absolute atomic E-state index is 0.291. The molecule has 0 spiro atoms. The van der Waals surface area contributed by atoms with Crippen molar-refractivity contribution in [3.63, 3.8) is 0 Å². The summed E-state index contributed by atoms with van der Waals surface area (Å²) in [5.41, 5.74) is -0.479. The fraction of sp³-hybridized carbons (Fsp3) is 0.500. The van der Waals surface area contributed by atoms with Crippen molar-refractivity contribution >= 4 is 0 Å². The van der Waals surface area contributed by atoms with Crippen molar-refractivity contribution in [3.8, 4) is 5.75 Å². The van der Waals surface area contributed by atoms with Gasteiger partial charge < -0.3 is 9.84 Å². The molecule has 0 fully saturated rings. The highest BCUT2D eigenvalue weighted by molar-refractivity contribution is 5.29. The lowest BCUT2D eigenvalue weighted by atomic mass is 9.94. The molecule has 0 saturated heterocycles. The van der Waals surface area contributed by atoms with E-state index >= 15 is 0 Å². The number of benzene rings is 1. The van der Waals surface area contributed by atoms with Gasteiger partial charge in [0.2, 0.25) is 0 Å².